The molecule has 180 valence electrons. The molecule has 0 aliphatic heterocycles. The Bertz CT molecular complexity index is 883. The summed E-state index contributed by atoms with van der Waals surface area (Å²) in [6.45, 7) is 2.15. The zero-order chi connectivity index (χ0) is 25.2. The first-order chi connectivity index (χ1) is 15.6. The van der Waals surface area contributed by atoms with Crippen molar-refractivity contribution in [1.29, 1.82) is 0 Å². The van der Waals surface area contributed by atoms with E-state index in [0.29, 0.717) is 6.42 Å². The Morgan fingerprint density at radius 1 is 0.818 bits per heavy atom. The third-order valence-electron chi connectivity index (χ3n) is 3.81. The van der Waals surface area contributed by atoms with Crippen LogP contribution < -0.4 is 4.74 Å². The first kappa shape index (κ1) is 28.8. The molecule has 0 aliphatic rings. The van der Waals surface area contributed by atoms with Crippen molar-refractivity contribution < 1.29 is 39.5 Å². The topological polar surface area (TPSA) is 190 Å². The minimum absolute atomic E-state index is 0.0159. The summed E-state index contributed by atoms with van der Waals surface area (Å²) in [4.78, 5) is 39.2. The maximum Gasteiger partial charge on any atom is 0.511 e. The number of rotatable bonds is 9. The molecule has 0 saturated carbocycles. The number of phenols is 1. The normalized spacial score (nSPS) is 9.36. The van der Waals surface area contributed by atoms with Crippen LogP contribution in [0.5, 0.6) is 11.5 Å². The summed E-state index contributed by atoms with van der Waals surface area (Å²) in [5, 5.41) is 45.4. The number of nitrogens with zero attached hydrogens (tertiary/aromatic N) is 2. The van der Waals surface area contributed by atoms with Gasteiger partial charge in [0.05, 0.1) is 9.85 Å². The number of unbranched alkanes of at least 4 members (excludes halogenated alkanes) is 4. The Hall–Kier alpha value is -4.22. The van der Waals surface area contributed by atoms with Crippen LogP contribution in [0.1, 0.15) is 45.4 Å². The summed E-state index contributed by atoms with van der Waals surface area (Å²) in [5.41, 5.74) is -0.129. The number of non-ortho nitro benzene ring substituents is 2. The number of hydrogen-bond acceptors (Lipinski definition) is 8. The smallest absolute Gasteiger partial charge is 0.508 e. The minimum Gasteiger partial charge on any atom is -0.508 e. The molecule has 0 radical (unpaired) electrons. The molecule has 2 aromatic carbocycles. The van der Waals surface area contributed by atoms with Crippen LogP contribution in [-0.4, -0.2) is 37.3 Å². The third kappa shape index (κ3) is 15.3. The van der Waals surface area contributed by atoms with Gasteiger partial charge in [0.1, 0.15) is 11.5 Å². The minimum atomic E-state index is -1.45. The van der Waals surface area contributed by atoms with E-state index in [4.69, 9.17) is 15.3 Å². The van der Waals surface area contributed by atoms with Crippen molar-refractivity contribution in [2.24, 2.45) is 0 Å². The van der Waals surface area contributed by atoms with Crippen LogP contribution in [0.4, 0.5) is 16.2 Å². The highest BCUT2D eigenvalue weighted by atomic mass is 16.7. The molecule has 0 amide bonds. The quantitative estimate of drug-likeness (QED) is 0.142. The number of carbonyl (C=O) groups is 2. The van der Waals surface area contributed by atoms with Crippen molar-refractivity contribution in [3.63, 3.8) is 0 Å². The molecule has 3 N–H and O–H groups in total. The fourth-order valence-electron chi connectivity index (χ4n) is 2.19. The van der Waals surface area contributed by atoms with Crippen LogP contribution >= 0.6 is 0 Å². The van der Waals surface area contributed by atoms with E-state index in [0.717, 1.165) is 25.0 Å². The van der Waals surface area contributed by atoms with Crippen LogP contribution in [0.15, 0.2) is 48.5 Å². The van der Waals surface area contributed by atoms with Gasteiger partial charge in [0.2, 0.25) is 0 Å². The van der Waals surface area contributed by atoms with Gasteiger partial charge in [-0.25, -0.2) is 4.79 Å². The Morgan fingerprint density at radius 2 is 1.27 bits per heavy atom. The molecule has 12 nitrogen and oxygen atoms in total. The Morgan fingerprint density at radius 3 is 1.67 bits per heavy atom. The predicted molar refractivity (Wildman–Crippen MR) is 118 cm³/mol. The van der Waals surface area contributed by atoms with Crippen molar-refractivity contribution >= 4 is 23.5 Å². The number of carboxylic acids is 1. The second-order valence-corrected chi connectivity index (χ2v) is 6.45. The largest absolute Gasteiger partial charge is 0.511 e. The number of phenolic OH excluding ortho intramolecular Hbond substituents is 1. The van der Waals surface area contributed by atoms with Crippen molar-refractivity contribution in [2.45, 2.75) is 45.4 Å². The number of nitro benzene ring substituents is 2. The summed E-state index contributed by atoms with van der Waals surface area (Å²) in [7, 11) is 0. The van der Waals surface area contributed by atoms with E-state index >= 15 is 0 Å². The van der Waals surface area contributed by atoms with Crippen molar-refractivity contribution in [1.82, 2.24) is 0 Å². The summed E-state index contributed by atoms with van der Waals surface area (Å²) < 4.78 is 4.24. The molecular formula is C21H26N2O10. The molecule has 0 atom stereocenters. The number of ether oxygens (including phenoxy) is 1. The molecule has 2 aromatic rings. The molecule has 12 heteroatoms. The number of aromatic hydroxyl groups is 1. The van der Waals surface area contributed by atoms with E-state index in [-0.39, 0.29) is 22.9 Å². The maximum atomic E-state index is 10.2. The van der Waals surface area contributed by atoms with Crippen molar-refractivity contribution in [3.8, 4) is 11.5 Å². The second kappa shape index (κ2) is 16.5. The van der Waals surface area contributed by atoms with Crippen molar-refractivity contribution in [2.75, 3.05) is 0 Å². The van der Waals surface area contributed by atoms with Gasteiger partial charge >= 0.3 is 12.1 Å². The van der Waals surface area contributed by atoms with Crippen LogP contribution in [0.25, 0.3) is 0 Å². The van der Waals surface area contributed by atoms with Crippen LogP contribution in [0.2, 0.25) is 0 Å². The molecule has 0 aromatic heterocycles. The summed E-state index contributed by atoms with van der Waals surface area (Å²) >= 11 is 0. The van der Waals surface area contributed by atoms with Crippen LogP contribution in [0.3, 0.4) is 0 Å². The molecule has 0 fully saturated rings. The number of carboxylic acid groups (broad SMARTS) is 2. The molecule has 2 rings (SSSR count). The van der Waals surface area contributed by atoms with Crippen molar-refractivity contribution in [3.05, 3.63) is 68.8 Å². The molecule has 0 heterocycles. The zero-order valence-corrected chi connectivity index (χ0v) is 18.0. The molecule has 33 heavy (non-hydrogen) atoms. The lowest BCUT2D eigenvalue weighted by atomic mass is 10.1. The fraction of sp³-hybridized carbons (Fsp3) is 0.333. The highest BCUT2D eigenvalue weighted by molar-refractivity contribution is 5.66. The monoisotopic (exact) mass is 466 g/mol. The predicted octanol–water partition coefficient (Wildman–Crippen LogP) is 5.38. The molecule has 0 aliphatic carbocycles. The fourth-order valence-corrected chi connectivity index (χ4v) is 2.19. The highest BCUT2D eigenvalue weighted by Crippen LogP contribution is 2.17. The van der Waals surface area contributed by atoms with E-state index in [2.05, 4.69) is 11.7 Å². The lowest BCUT2D eigenvalue weighted by Crippen LogP contribution is -2.02. The van der Waals surface area contributed by atoms with Gasteiger partial charge in [0.25, 0.3) is 11.4 Å². The van der Waals surface area contributed by atoms with Gasteiger partial charge in [-0.05, 0) is 30.7 Å². The zero-order valence-electron chi connectivity index (χ0n) is 18.0. The van der Waals surface area contributed by atoms with Gasteiger partial charge in [0, 0.05) is 30.7 Å². The molecular weight excluding hydrogens is 440 g/mol. The number of hydrogen-bond donors (Lipinski definition) is 3. The van der Waals surface area contributed by atoms with E-state index in [1.54, 1.807) is 0 Å². The molecule has 0 unspecified atom stereocenters. The van der Waals surface area contributed by atoms with Gasteiger partial charge < -0.3 is 20.1 Å². The average molecular weight is 466 g/mol. The Kier molecular flexibility index (Phi) is 14.4. The molecule has 0 spiro atoms. The number of benzene rings is 2. The van der Waals surface area contributed by atoms with Crippen LogP contribution in [-0.2, 0) is 4.79 Å². The van der Waals surface area contributed by atoms with Gasteiger partial charge in [0.15, 0.2) is 0 Å². The summed E-state index contributed by atoms with van der Waals surface area (Å²) in [6, 6.07) is 9.80. The van der Waals surface area contributed by atoms with E-state index in [1.807, 2.05) is 0 Å². The van der Waals surface area contributed by atoms with Gasteiger partial charge in [-0.2, -0.15) is 0 Å². The third-order valence-corrected chi connectivity index (χ3v) is 3.81. The molecule has 0 saturated heterocycles. The van der Waals surface area contributed by atoms with E-state index in [1.165, 1.54) is 55.7 Å². The standard InChI is InChI=1S/C8H16O2.C7H5NO5.C6H5NO3/c1-2-3-4-5-6-7-8(9)10;9-7(10)13-6-3-1-5(2-4-6)8(11)12;8-6-3-1-5(2-4-6)7(9)10/h2-7H2,1H3,(H,9,10);1-4H,(H,9,10);1-4,8H. The Balaban J connectivity index is 0.000000472. The van der Waals surface area contributed by atoms with Gasteiger partial charge in [-0.3, -0.25) is 25.0 Å². The van der Waals surface area contributed by atoms with Gasteiger partial charge in [-0.1, -0.05) is 32.6 Å². The average Bonchev–Trinajstić information content (AvgIpc) is 2.74. The maximum absolute atomic E-state index is 10.2. The lowest BCUT2D eigenvalue weighted by Gasteiger charge is -1.97. The van der Waals surface area contributed by atoms with E-state index < -0.39 is 22.0 Å². The molecule has 0 bridgehead atoms. The summed E-state index contributed by atoms with van der Waals surface area (Å²) in [6.07, 6.45) is 4.43. The second-order valence-electron chi connectivity index (χ2n) is 6.45. The lowest BCUT2D eigenvalue weighted by molar-refractivity contribution is -0.385. The number of aliphatic carboxylic acids is 1. The van der Waals surface area contributed by atoms with Gasteiger partial charge in [-0.15, -0.1) is 0 Å². The first-order valence-electron chi connectivity index (χ1n) is 9.87. The first-order valence-corrected chi connectivity index (χ1v) is 9.87. The van der Waals surface area contributed by atoms with E-state index in [9.17, 15) is 29.8 Å². The Labute approximate surface area is 189 Å². The highest BCUT2D eigenvalue weighted by Gasteiger charge is 2.06. The summed E-state index contributed by atoms with van der Waals surface area (Å²) in [5.74, 6) is -0.583. The van der Waals surface area contributed by atoms with Crippen LogP contribution in [0, 0.1) is 20.2 Å². The number of nitro groups is 2. The SMILES string of the molecule is CCCCCCCC(=O)O.O=C(O)Oc1ccc([N+](=O)[O-])cc1.O=[N+]([O-])c1ccc(O)cc1.